The molecular formula is C18H24N6O. The minimum atomic E-state index is -0.133. The van der Waals surface area contributed by atoms with Gasteiger partial charge in [-0.3, -0.25) is 0 Å². The summed E-state index contributed by atoms with van der Waals surface area (Å²) >= 11 is 0. The molecule has 1 heterocycles. The van der Waals surface area contributed by atoms with Gasteiger partial charge in [0.15, 0.2) is 5.82 Å². The summed E-state index contributed by atoms with van der Waals surface area (Å²) in [6, 6.07) is 8.28. The molecule has 0 unspecified atom stereocenters. The van der Waals surface area contributed by atoms with Crippen molar-refractivity contribution >= 4 is 11.7 Å². The molecule has 2 fully saturated rings. The summed E-state index contributed by atoms with van der Waals surface area (Å²) in [5, 5.41) is 18.1. The lowest BCUT2D eigenvalue weighted by atomic mass is 10.1. The SMILES string of the molecule is O=C(Nc1cccc(-c2nnnn2C2CC2)c1)NC1CCCCCC1. The summed E-state index contributed by atoms with van der Waals surface area (Å²) in [4.78, 5) is 12.3. The van der Waals surface area contributed by atoms with Crippen LogP contribution in [0.4, 0.5) is 10.5 Å². The first kappa shape index (κ1) is 16.1. The van der Waals surface area contributed by atoms with Crippen LogP contribution in [-0.2, 0) is 0 Å². The summed E-state index contributed by atoms with van der Waals surface area (Å²) < 4.78 is 1.88. The average molecular weight is 340 g/mol. The summed E-state index contributed by atoms with van der Waals surface area (Å²) in [5.74, 6) is 0.760. The molecule has 7 nitrogen and oxygen atoms in total. The number of carbonyl (C=O) groups excluding carboxylic acids is 1. The number of amides is 2. The topological polar surface area (TPSA) is 84.7 Å². The van der Waals surface area contributed by atoms with E-state index in [4.69, 9.17) is 0 Å². The molecule has 2 amide bonds. The highest BCUT2D eigenvalue weighted by molar-refractivity contribution is 5.90. The van der Waals surface area contributed by atoms with Crippen molar-refractivity contribution in [3.8, 4) is 11.4 Å². The number of benzene rings is 1. The monoisotopic (exact) mass is 340 g/mol. The van der Waals surface area contributed by atoms with Gasteiger partial charge in [0.2, 0.25) is 0 Å². The number of urea groups is 1. The average Bonchev–Trinajstić information content (AvgIpc) is 3.39. The van der Waals surface area contributed by atoms with Crippen molar-refractivity contribution in [2.75, 3.05) is 5.32 Å². The molecule has 2 aliphatic rings. The van der Waals surface area contributed by atoms with Crippen LogP contribution in [0.1, 0.15) is 57.4 Å². The van der Waals surface area contributed by atoms with Gasteiger partial charge >= 0.3 is 6.03 Å². The predicted molar refractivity (Wildman–Crippen MR) is 95.2 cm³/mol. The highest BCUT2D eigenvalue weighted by atomic mass is 16.2. The first-order valence-electron chi connectivity index (χ1n) is 9.25. The van der Waals surface area contributed by atoms with Crippen molar-refractivity contribution in [3.05, 3.63) is 24.3 Å². The number of rotatable bonds is 4. The molecule has 0 aliphatic heterocycles. The molecular weight excluding hydrogens is 316 g/mol. The Hall–Kier alpha value is -2.44. The van der Waals surface area contributed by atoms with E-state index in [2.05, 4.69) is 26.2 Å². The molecule has 1 aromatic carbocycles. The fraction of sp³-hybridized carbons (Fsp3) is 0.556. The minimum absolute atomic E-state index is 0.133. The maximum Gasteiger partial charge on any atom is 0.319 e. The van der Waals surface area contributed by atoms with E-state index in [1.807, 2.05) is 28.9 Å². The predicted octanol–water partition coefficient (Wildman–Crippen LogP) is 3.52. The van der Waals surface area contributed by atoms with E-state index in [1.54, 1.807) is 0 Å². The van der Waals surface area contributed by atoms with Gasteiger partial charge in [-0.05, 0) is 48.2 Å². The number of anilines is 1. The molecule has 0 saturated heterocycles. The molecule has 2 aromatic rings. The van der Waals surface area contributed by atoms with Gasteiger partial charge in [0.05, 0.1) is 6.04 Å². The normalized spacial score (nSPS) is 18.6. The molecule has 0 radical (unpaired) electrons. The number of tetrazole rings is 1. The van der Waals surface area contributed by atoms with Crippen LogP contribution in [-0.4, -0.2) is 32.3 Å². The van der Waals surface area contributed by atoms with Crippen LogP contribution >= 0.6 is 0 Å². The van der Waals surface area contributed by atoms with Crippen LogP contribution in [0.3, 0.4) is 0 Å². The fourth-order valence-electron chi connectivity index (χ4n) is 3.46. The van der Waals surface area contributed by atoms with Crippen molar-refractivity contribution in [1.29, 1.82) is 0 Å². The number of aromatic nitrogens is 4. The maximum atomic E-state index is 12.3. The quantitative estimate of drug-likeness (QED) is 0.834. The van der Waals surface area contributed by atoms with Crippen molar-refractivity contribution in [3.63, 3.8) is 0 Å². The fourth-order valence-corrected chi connectivity index (χ4v) is 3.46. The van der Waals surface area contributed by atoms with Crippen LogP contribution in [0.25, 0.3) is 11.4 Å². The highest BCUT2D eigenvalue weighted by Gasteiger charge is 2.28. The van der Waals surface area contributed by atoms with Gasteiger partial charge in [-0.2, -0.15) is 0 Å². The summed E-state index contributed by atoms with van der Waals surface area (Å²) in [5.41, 5.74) is 1.68. The van der Waals surface area contributed by atoms with Gasteiger partial charge in [-0.25, -0.2) is 9.48 Å². The van der Waals surface area contributed by atoms with Crippen molar-refractivity contribution < 1.29 is 4.79 Å². The molecule has 0 spiro atoms. The lowest BCUT2D eigenvalue weighted by molar-refractivity contribution is 0.247. The smallest absolute Gasteiger partial charge is 0.319 e. The second-order valence-electron chi connectivity index (χ2n) is 7.05. The maximum absolute atomic E-state index is 12.3. The Morgan fingerprint density at radius 2 is 1.88 bits per heavy atom. The van der Waals surface area contributed by atoms with Crippen molar-refractivity contribution in [2.24, 2.45) is 0 Å². The Bertz CT molecular complexity index is 731. The minimum Gasteiger partial charge on any atom is -0.335 e. The van der Waals surface area contributed by atoms with E-state index in [-0.39, 0.29) is 12.1 Å². The van der Waals surface area contributed by atoms with Crippen LogP contribution in [0.15, 0.2) is 24.3 Å². The standard InChI is InChI=1S/C18H24N6O/c25-18(19-14-7-3-1-2-4-8-14)20-15-9-5-6-13(12-15)17-21-22-23-24(17)16-10-11-16/h5-6,9,12,14,16H,1-4,7-8,10-11H2,(H2,19,20,25). The van der Waals surface area contributed by atoms with Crippen LogP contribution < -0.4 is 10.6 Å². The zero-order valence-electron chi connectivity index (χ0n) is 14.3. The lowest BCUT2D eigenvalue weighted by Crippen LogP contribution is -2.37. The first-order chi connectivity index (χ1) is 12.3. The molecule has 0 atom stereocenters. The van der Waals surface area contributed by atoms with Crippen LogP contribution in [0.5, 0.6) is 0 Å². The molecule has 2 saturated carbocycles. The third kappa shape index (κ3) is 3.97. The molecule has 0 bridgehead atoms. The van der Waals surface area contributed by atoms with Gasteiger partial charge in [0.25, 0.3) is 0 Å². The van der Waals surface area contributed by atoms with Gasteiger partial charge < -0.3 is 10.6 Å². The Morgan fingerprint density at radius 1 is 1.08 bits per heavy atom. The van der Waals surface area contributed by atoms with Gasteiger partial charge in [0, 0.05) is 17.3 Å². The zero-order valence-corrected chi connectivity index (χ0v) is 14.3. The Morgan fingerprint density at radius 3 is 2.64 bits per heavy atom. The number of nitrogens with zero attached hydrogens (tertiary/aromatic N) is 4. The summed E-state index contributed by atoms with van der Waals surface area (Å²) in [7, 11) is 0. The van der Waals surface area contributed by atoms with Crippen LogP contribution in [0, 0.1) is 0 Å². The zero-order chi connectivity index (χ0) is 17.1. The highest BCUT2D eigenvalue weighted by Crippen LogP contribution is 2.36. The summed E-state index contributed by atoms with van der Waals surface area (Å²) in [6.45, 7) is 0. The second kappa shape index (κ2) is 7.21. The molecule has 25 heavy (non-hydrogen) atoms. The second-order valence-corrected chi connectivity index (χ2v) is 7.05. The molecule has 1 aromatic heterocycles. The van der Waals surface area contributed by atoms with E-state index >= 15 is 0 Å². The third-order valence-electron chi connectivity index (χ3n) is 4.95. The number of carbonyl (C=O) groups is 1. The molecule has 7 heteroatoms. The molecule has 132 valence electrons. The van der Waals surface area contributed by atoms with E-state index in [9.17, 15) is 4.79 Å². The molecule has 2 aliphatic carbocycles. The van der Waals surface area contributed by atoms with Crippen LogP contribution in [0.2, 0.25) is 0 Å². The largest absolute Gasteiger partial charge is 0.335 e. The Labute approximate surface area is 147 Å². The molecule has 4 rings (SSSR count). The third-order valence-corrected chi connectivity index (χ3v) is 4.95. The molecule has 2 N–H and O–H groups in total. The van der Waals surface area contributed by atoms with E-state index in [0.717, 1.165) is 42.8 Å². The number of hydrogen-bond donors (Lipinski definition) is 2. The van der Waals surface area contributed by atoms with E-state index < -0.39 is 0 Å². The van der Waals surface area contributed by atoms with E-state index in [1.165, 1.54) is 25.7 Å². The van der Waals surface area contributed by atoms with Gasteiger partial charge in [-0.15, -0.1) is 5.10 Å². The summed E-state index contributed by atoms with van der Waals surface area (Å²) in [6.07, 6.45) is 9.34. The number of nitrogens with one attached hydrogen (secondary N) is 2. The van der Waals surface area contributed by atoms with Gasteiger partial charge in [0.1, 0.15) is 0 Å². The first-order valence-corrected chi connectivity index (χ1v) is 9.25. The Balaban J connectivity index is 1.42. The van der Waals surface area contributed by atoms with Crippen molar-refractivity contribution in [2.45, 2.75) is 63.5 Å². The lowest BCUT2D eigenvalue weighted by Gasteiger charge is -2.17. The van der Waals surface area contributed by atoms with Gasteiger partial charge in [-0.1, -0.05) is 37.8 Å². The van der Waals surface area contributed by atoms with Crippen molar-refractivity contribution in [1.82, 2.24) is 25.5 Å². The number of hydrogen-bond acceptors (Lipinski definition) is 4. The Kier molecular flexibility index (Phi) is 4.63. The van der Waals surface area contributed by atoms with E-state index in [0.29, 0.717) is 6.04 Å².